The minimum absolute atomic E-state index is 0.0159. The van der Waals surface area contributed by atoms with Gasteiger partial charge in [0.25, 0.3) is 42.2 Å². The van der Waals surface area contributed by atoms with Gasteiger partial charge in [0.2, 0.25) is 15.7 Å². The van der Waals surface area contributed by atoms with Gasteiger partial charge in [-0.3, -0.25) is 23.2 Å². The topological polar surface area (TPSA) is 309 Å². The van der Waals surface area contributed by atoms with E-state index >= 15 is 0 Å². The highest BCUT2D eigenvalue weighted by Gasteiger charge is 2.46. The second-order valence-electron chi connectivity index (χ2n) is 18.9. The van der Waals surface area contributed by atoms with Crippen LogP contribution in [-0.4, -0.2) is 128 Å². The Bertz CT molecular complexity index is 3570. The summed E-state index contributed by atoms with van der Waals surface area (Å²) in [4.78, 5) is 41.5. The molecule has 0 atom stereocenters. The molecular weight excluding hydrogens is 1080 g/mol. The van der Waals surface area contributed by atoms with E-state index in [1.54, 1.807) is 48.6 Å². The molecule has 0 aliphatic carbocycles. The zero-order valence-corrected chi connectivity index (χ0v) is 45.3. The summed E-state index contributed by atoms with van der Waals surface area (Å²) in [6.07, 6.45) is 8.98. The molecule has 4 aromatic carbocycles. The van der Waals surface area contributed by atoms with Crippen LogP contribution in [0.1, 0.15) is 77.3 Å². The standard InChI is InChI=1S/C48H54N4O18S5/c1-47(2)40(15-7-6-8-16-41-48(3,4)46-35-29-31(74(62,63)64)30-39(75(65,66)67)33(35)19-21-37(46)50(41)25-11-27-71-70-69-56)51(26-12-28-72(57,58)59)36-20-18-32-34(45(36)47)13-9-14-38(32)73(60,61)49(5)24-10-17-44(55)68-52-42(53)22-23-43(52)54/h6-9,13-16,18-21,29-30H,10-12,17,22-28H2,1-5H3,(H3-,56,57,58,59,62,63,64,65,66,67)/p+1. The van der Waals surface area contributed by atoms with Crippen LogP contribution in [0.2, 0.25) is 0 Å². The number of rotatable bonds is 22. The highest BCUT2D eigenvalue weighted by molar-refractivity contribution is 7.94. The van der Waals surface area contributed by atoms with Crippen molar-refractivity contribution in [1.29, 1.82) is 0 Å². The van der Waals surface area contributed by atoms with Gasteiger partial charge in [-0.05, 0) is 79.4 Å². The van der Waals surface area contributed by atoms with Crippen molar-refractivity contribution in [2.45, 2.75) is 91.7 Å². The summed E-state index contributed by atoms with van der Waals surface area (Å²) >= 11 is 0.843. The zero-order chi connectivity index (χ0) is 55.1. The quantitative estimate of drug-likeness (QED) is 0.00966. The van der Waals surface area contributed by atoms with Gasteiger partial charge in [0.05, 0.1) is 21.0 Å². The molecule has 3 aliphatic heterocycles. The Morgan fingerprint density at radius 1 is 0.787 bits per heavy atom. The van der Waals surface area contributed by atoms with Crippen LogP contribution in [0.25, 0.3) is 21.5 Å². The highest BCUT2D eigenvalue weighted by Crippen LogP contribution is 2.52. The maximum atomic E-state index is 14.2. The lowest BCUT2D eigenvalue weighted by molar-refractivity contribution is -0.438. The van der Waals surface area contributed by atoms with E-state index in [-0.39, 0.29) is 60.9 Å². The van der Waals surface area contributed by atoms with Crippen molar-refractivity contribution in [2.24, 2.45) is 0 Å². The first-order valence-electron chi connectivity index (χ1n) is 23.2. The van der Waals surface area contributed by atoms with Crippen molar-refractivity contribution in [3.8, 4) is 0 Å². The number of carbonyl (C=O) groups is 3. The Balaban J connectivity index is 1.22. The van der Waals surface area contributed by atoms with Crippen LogP contribution >= 0.6 is 12.0 Å². The van der Waals surface area contributed by atoms with E-state index in [9.17, 15) is 61.7 Å². The molecule has 0 bridgehead atoms. The molecule has 0 unspecified atom stereocenters. The minimum Gasteiger partial charge on any atom is -0.344 e. The van der Waals surface area contributed by atoms with Crippen LogP contribution in [0.5, 0.6) is 0 Å². The lowest BCUT2D eigenvalue weighted by Gasteiger charge is -2.27. The van der Waals surface area contributed by atoms with Crippen molar-refractivity contribution in [3.05, 3.63) is 102 Å². The van der Waals surface area contributed by atoms with Crippen LogP contribution in [0, 0.1) is 0 Å². The van der Waals surface area contributed by atoms with Gasteiger partial charge in [0.15, 0.2) is 5.71 Å². The minimum atomic E-state index is -4.99. The predicted octanol–water partition coefficient (Wildman–Crippen LogP) is 6.40. The Labute approximate surface area is 438 Å². The van der Waals surface area contributed by atoms with E-state index < -0.39 is 84.5 Å². The second kappa shape index (κ2) is 21.9. The molecule has 2 amide bonds. The third kappa shape index (κ3) is 11.9. The third-order valence-electron chi connectivity index (χ3n) is 13.3. The van der Waals surface area contributed by atoms with Gasteiger partial charge in [-0.15, -0.1) is 9.40 Å². The van der Waals surface area contributed by atoms with Crippen molar-refractivity contribution in [1.82, 2.24) is 9.37 Å². The van der Waals surface area contributed by atoms with E-state index in [0.717, 1.165) is 28.0 Å². The first-order chi connectivity index (χ1) is 35.0. The molecule has 7 rings (SSSR count). The fourth-order valence-corrected chi connectivity index (χ4v) is 13.5. The number of fused-ring (bicyclic) bond motifs is 6. The lowest BCUT2D eigenvalue weighted by Crippen LogP contribution is -2.32. The van der Waals surface area contributed by atoms with Gasteiger partial charge in [0, 0.05) is 109 Å². The summed E-state index contributed by atoms with van der Waals surface area (Å²) in [6.45, 7) is 7.92. The number of sulfonamides is 1. The number of carbonyl (C=O) groups excluding carboxylic acids is 3. The summed E-state index contributed by atoms with van der Waals surface area (Å²) in [6, 6.07) is 13.2. The number of benzene rings is 4. The molecule has 4 N–H and O–H groups in total. The van der Waals surface area contributed by atoms with Crippen LogP contribution in [0.4, 0.5) is 11.4 Å². The number of allylic oxidation sites excluding steroid dienone is 6. The number of amides is 2. The first-order valence-corrected chi connectivity index (χ1v) is 30.0. The summed E-state index contributed by atoms with van der Waals surface area (Å²) in [5.74, 6) is -2.31. The zero-order valence-electron chi connectivity index (χ0n) is 41.2. The molecule has 75 heavy (non-hydrogen) atoms. The molecule has 3 heterocycles. The summed E-state index contributed by atoms with van der Waals surface area (Å²) in [5, 5.41) is 13.9. The van der Waals surface area contributed by atoms with Gasteiger partial charge in [-0.2, -0.15) is 29.8 Å². The number of hydrogen-bond acceptors (Lipinski definition) is 17. The predicted molar refractivity (Wildman–Crippen MR) is 276 cm³/mol. The van der Waals surface area contributed by atoms with Gasteiger partial charge in [-0.25, -0.2) is 22.8 Å². The molecule has 0 aromatic heterocycles. The van der Waals surface area contributed by atoms with Gasteiger partial charge in [-0.1, -0.05) is 55.3 Å². The molecule has 1 fully saturated rings. The van der Waals surface area contributed by atoms with Gasteiger partial charge >= 0.3 is 5.97 Å². The van der Waals surface area contributed by atoms with Crippen LogP contribution in [0.15, 0.2) is 105 Å². The first kappa shape index (κ1) is 57.3. The number of nitrogens with zero attached hydrogens (tertiary/aromatic N) is 4. The lowest BCUT2D eigenvalue weighted by atomic mass is 9.79. The molecule has 22 nitrogen and oxygen atoms in total. The SMILES string of the molecule is CN(CCCC(=O)ON1C(=O)CCC1=O)S(=O)(=O)c1cccc2c3c(ccc12)N(CCCS(=O)(=O)O)/C(=C/C=C/C=C/C1=[N+](CCCSOOO)c2ccc4c(S(=O)(=O)O)cc(S(=O)(=O)O)cc4c2C1(C)C)C3(C)C. The molecule has 0 radical (unpaired) electrons. The molecule has 0 spiro atoms. The Kier molecular flexibility index (Phi) is 16.7. The third-order valence-corrected chi connectivity index (χ3v) is 18.3. The van der Waals surface area contributed by atoms with E-state index in [0.29, 0.717) is 69.0 Å². The molecular formula is C48H55N4O18S5+. The normalized spacial score (nSPS) is 17.5. The molecule has 3 aliphatic rings. The Morgan fingerprint density at radius 3 is 2.12 bits per heavy atom. The highest BCUT2D eigenvalue weighted by atomic mass is 32.2. The van der Waals surface area contributed by atoms with Gasteiger partial charge < -0.3 is 9.74 Å². The largest absolute Gasteiger partial charge is 0.344 e. The van der Waals surface area contributed by atoms with Crippen molar-refractivity contribution >= 4 is 109 Å². The van der Waals surface area contributed by atoms with Crippen molar-refractivity contribution in [3.63, 3.8) is 0 Å². The van der Waals surface area contributed by atoms with E-state index in [1.807, 2.05) is 49.3 Å². The Morgan fingerprint density at radius 2 is 1.47 bits per heavy atom. The fourth-order valence-electron chi connectivity index (χ4n) is 9.94. The number of hydroxylamine groups is 2. The average molecular weight is 1140 g/mol. The second-order valence-corrected chi connectivity index (χ2v) is 26.1. The number of anilines is 1. The summed E-state index contributed by atoms with van der Waals surface area (Å²) < 4.78 is 140. The Hall–Kier alpha value is -5.43. The van der Waals surface area contributed by atoms with Crippen LogP contribution in [0.3, 0.4) is 0 Å². The van der Waals surface area contributed by atoms with E-state index in [2.05, 4.69) is 9.37 Å². The molecule has 0 saturated carbocycles. The maximum absolute atomic E-state index is 14.2. The monoisotopic (exact) mass is 1140 g/mol. The van der Waals surface area contributed by atoms with Crippen LogP contribution < -0.4 is 4.90 Å². The molecule has 1 saturated heterocycles. The smallest absolute Gasteiger partial charge is 0.333 e. The molecule has 404 valence electrons. The van der Waals surface area contributed by atoms with Crippen LogP contribution in [-0.2, 0) is 79.8 Å². The average Bonchev–Trinajstić information content (AvgIpc) is 3.84. The summed E-state index contributed by atoms with van der Waals surface area (Å²) in [5.41, 5.74) is 2.03. The fraction of sp³-hybridized carbons (Fsp3) is 0.375. The van der Waals surface area contributed by atoms with E-state index in [4.69, 9.17) is 10.1 Å². The number of imide groups is 1. The maximum Gasteiger partial charge on any atom is 0.333 e. The van der Waals surface area contributed by atoms with E-state index in [1.165, 1.54) is 19.2 Å². The molecule has 4 aromatic rings. The van der Waals surface area contributed by atoms with Crippen molar-refractivity contribution < 1.29 is 85.8 Å². The van der Waals surface area contributed by atoms with Crippen molar-refractivity contribution in [2.75, 3.05) is 43.1 Å². The number of hydrogen-bond donors (Lipinski definition) is 4. The molecule has 27 heteroatoms. The van der Waals surface area contributed by atoms with Gasteiger partial charge in [0.1, 0.15) is 11.4 Å². The summed E-state index contributed by atoms with van der Waals surface area (Å²) in [7, 11) is -17.1.